The summed E-state index contributed by atoms with van der Waals surface area (Å²) in [6.07, 6.45) is 9.34. The molecule has 3 heterocycles. The Morgan fingerprint density at radius 1 is 1.04 bits per heavy atom. The molecule has 2 atom stereocenters. The third-order valence-corrected chi connectivity index (χ3v) is 8.50. The second-order valence-electron chi connectivity index (χ2n) is 10.3. The number of carbonyl (C=O) groups is 1. The van der Waals surface area contributed by atoms with Crippen molar-refractivity contribution in [3.8, 4) is 6.07 Å². The van der Waals surface area contributed by atoms with Crippen LogP contribution in [0.5, 0.6) is 0 Å². The lowest BCUT2D eigenvalue weighted by atomic mass is 9.49. The fraction of sp³-hybridized carbons (Fsp3) is 0.696. The van der Waals surface area contributed by atoms with E-state index in [1.165, 1.54) is 19.3 Å². The maximum absolute atomic E-state index is 13.6. The Bertz CT molecular complexity index is 809. The number of likely N-dealkylation sites (tertiary alicyclic amines) is 1. The van der Waals surface area contributed by atoms with Crippen molar-refractivity contribution in [1.82, 2.24) is 9.88 Å². The monoisotopic (exact) mass is 376 g/mol. The van der Waals surface area contributed by atoms with Gasteiger partial charge in [0.05, 0.1) is 11.1 Å². The average molecular weight is 377 g/mol. The summed E-state index contributed by atoms with van der Waals surface area (Å²) < 4.78 is 0. The van der Waals surface area contributed by atoms with Crippen LogP contribution < -0.4 is 4.90 Å². The molecule has 1 amide bonds. The third-order valence-electron chi connectivity index (χ3n) is 8.50. The number of aromatic nitrogens is 1. The summed E-state index contributed by atoms with van der Waals surface area (Å²) in [5, 5.41) is 9.36. The van der Waals surface area contributed by atoms with Crippen molar-refractivity contribution in [3.05, 3.63) is 24.0 Å². The molecule has 1 aromatic rings. The zero-order valence-electron chi connectivity index (χ0n) is 16.4. The van der Waals surface area contributed by atoms with E-state index in [-0.39, 0.29) is 5.41 Å². The van der Waals surface area contributed by atoms with Gasteiger partial charge in [-0.2, -0.15) is 5.26 Å². The van der Waals surface area contributed by atoms with Gasteiger partial charge in [-0.05, 0) is 68.4 Å². The van der Waals surface area contributed by atoms with Gasteiger partial charge in [0.2, 0.25) is 5.91 Å². The molecule has 146 valence electrons. The Labute approximate surface area is 166 Å². The SMILES string of the molecule is N#Cc1ncccc1N1C[C@H]2CN(C(=O)C34CC5CC(CC(C5)C3)C4)C[C@H]2C1. The van der Waals surface area contributed by atoms with Gasteiger partial charge in [-0.25, -0.2) is 4.98 Å². The Morgan fingerprint density at radius 2 is 1.64 bits per heavy atom. The van der Waals surface area contributed by atoms with E-state index >= 15 is 0 Å². The highest BCUT2D eigenvalue weighted by Crippen LogP contribution is 2.60. The molecule has 0 unspecified atom stereocenters. The standard InChI is InChI=1S/C23H28N4O/c24-10-20-21(2-1-3-25-20)26-11-18-13-27(14-19(18)12-26)22(28)23-7-15-4-16(8-23)6-17(5-15)9-23/h1-3,15-19H,4-9,11-14H2/t15?,16?,17?,18-,19+,23?. The van der Waals surface area contributed by atoms with Gasteiger partial charge in [0.1, 0.15) is 6.07 Å². The summed E-state index contributed by atoms with van der Waals surface area (Å²) in [6.45, 7) is 3.69. The molecule has 7 rings (SSSR count). The van der Waals surface area contributed by atoms with Crippen molar-refractivity contribution in [2.24, 2.45) is 35.0 Å². The molecule has 28 heavy (non-hydrogen) atoms. The van der Waals surface area contributed by atoms with Gasteiger partial charge >= 0.3 is 0 Å². The lowest BCUT2D eigenvalue weighted by molar-refractivity contribution is -0.156. The molecule has 5 heteroatoms. The van der Waals surface area contributed by atoms with Gasteiger partial charge < -0.3 is 9.80 Å². The van der Waals surface area contributed by atoms with E-state index in [1.807, 2.05) is 12.1 Å². The minimum atomic E-state index is -0.00952. The Morgan fingerprint density at radius 3 is 2.21 bits per heavy atom. The van der Waals surface area contributed by atoms with E-state index in [9.17, 15) is 10.1 Å². The van der Waals surface area contributed by atoms with Crippen molar-refractivity contribution >= 4 is 11.6 Å². The normalized spacial score (nSPS) is 40.6. The predicted octanol–water partition coefficient (Wildman–Crippen LogP) is 3.06. The maximum atomic E-state index is 13.6. The minimum Gasteiger partial charge on any atom is -0.368 e. The Hall–Kier alpha value is -2.09. The van der Waals surface area contributed by atoms with Crippen LogP contribution >= 0.6 is 0 Å². The maximum Gasteiger partial charge on any atom is 0.228 e. The summed E-state index contributed by atoms with van der Waals surface area (Å²) >= 11 is 0. The van der Waals surface area contributed by atoms with Crippen molar-refractivity contribution in [2.45, 2.75) is 38.5 Å². The van der Waals surface area contributed by atoms with Crippen LogP contribution in [0.3, 0.4) is 0 Å². The number of nitriles is 1. The fourth-order valence-corrected chi connectivity index (χ4v) is 7.80. The van der Waals surface area contributed by atoms with E-state index in [1.54, 1.807) is 6.20 Å². The molecule has 0 spiro atoms. The van der Waals surface area contributed by atoms with Crippen LogP contribution in [0.15, 0.2) is 18.3 Å². The van der Waals surface area contributed by atoms with Gasteiger partial charge in [-0.1, -0.05) is 0 Å². The van der Waals surface area contributed by atoms with Crippen LogP contribution in [0.2, 0.25) is 0 Å². The Balaban J connectivity index is 1.16. The molecule has 1 aromatic heterocycles. The van der Waals surface area contributed by atoms with Gasteiger partial charge in [-0.15, -0.1) is 0 Å². The minimum absolute atomic E-state index is 0.00952. The fourth-order valence-electron chi connectivity index (χ4n) is 7.80. The van der Waals surface area contributed by atoms with Crippen LogP contribution in [-0.4, -0.2) is 42.0 Å². The number of carbonyl (C=O) groups excluding carboxylic acids is 1. The van der Waals surface area contributed by atoms with Crippen molar-refractivity contribution in [1.29, 1.82) is 5.26 Å². The van der Waals surface area contributed by atoms with Crippen LogP contribution in [0.4, 0.5) is 5.69 Å². The van der Waals surface area contributed by atoms with Crippen LogP contribution in [0.1, 0.15) is 44.2 Å². The smallest absolute Gasteiger partial charge is 0.228 e. The van der Waals surface area contributed by atoms with E-state index in [0.717, 1.165) is 68.9 Å². The van der Waals surface area contributed by atoms with E-state index < -0.39 is 0 Å². The van der Waals surface area contributed by atoms with Crippen molar-refractivity contribution in [2.75, 3.05) is 31.1 Å². The summed E-state index contributed by atoms with van der Waals surface area (Å²) in [5.41, 5.74) is 1.46. The van der Waals surface area contributed by atoms with Gasteiger partial charge in [0.25, 0.3) is 0 Å². The molecule has 4 saturated carbocycles. The first kappa shape index (κ1) is 16.8. The first-order chi connectivity index (χ1) is 13.6. The van der Waals surface area contributed by atoms with Gasteiger partial charge in [-0.3, -0.25) is 4.79 Å². The summed E-state index contributed by atoms with van der Waals surface area (Å²) in [6, 6.07) is 6.14. The number of rotatable bonds is 2. The Kier molecular flexibility index (Phi) is 3.58. The molecule has 2 saturated heterocycles. The molecule has 0 N–H and O–H groups in total. The second kappa shape index (κ2) is 5.95. The van der Waals surface area contributed by atoms with Crippen molar-refractivity contribution < 1.29 is 4.79 Å². The largest absolute Gasteiger partial charge is 0.368 e. The molecule has 4 aliphatic carbocycles. The number of anilines is 1. The number of amides is 1. The first-order valence-electron chi connectivity index (χ1n) is 11.0. The van der Waals surface area contributed by atoms with E-state index in [0.29, 0.717) is 23.4 Å². The number of hydrogen-bond donors (Lipinski definition) is 0. The predicted molar refractivity (Wildman–Crippen MR) is 105 cm³/mol. The third kappa shape index (κ3) is 2.43. The molecule has 0 radical (unpaired) electrons. The van der Waals surface area contributed by atoms with Gasteiger partial charge in [0.15, 0.2) is 5.69 Å². The number of nitrogens with zero attached hydrogens (tertiary/aromatic N) is 4. The van der Waals surface area contributed by atoms with E-state index in [4.69, 9.17) is 0 Å². The molecular weight excluding hydrogens is 348 g/mol. The topological polar surface area (TPSA) is 60.2 Å². The van der Waals surface area contributed by atoms with E-state index in [2.05, 4.69) is 20.9 Å². The molecule has 6 fully saturated rings. The highest BCUT2D eigenvalue weighted by Gasteiger charge is 2.57. The zero-order chi connectivity index (χ0) is 18.9. The highest BCUT2D eigenvalue weighted by atomic mass is 16.2. The number of pyridine rings is 1. The molecule has 4 bridgehead atoms. The highest BCUT2D eigenvalue weighted by molar-refractivity contribution is 5.83. The van der Waals surface area contributed by atoms with Crippen molar-refractivity contribution in [3.63, 3.8) is 0 Å². The molecule has 6 aliphatic rings. The molecule has 0 aromatic carbocycles. The molecular formula is C23H28N4O. The molecule has 2 aliphatic heterocycles. The van der Waals surface area contributed by atoms with Gasteiger partial charge in [0, 0.05) is 44.2 Å². The van der Waals surface area contributed by atoms with Crippen LogP contribution in [0, 0.1) is 46.3 Å². The summed E-state index contributed by atoms with van der Waals surface area (Å²) in [7, 11) is 0. The number of fused-ring (bicyclic) bond motifs is 1. The lowest BCUT2D eigenvalue weighted by Gasteiger charge is -2.56. The summed E-state index contributed by atoms with van der Waals surface area (Å²) in [5.74, 6) is 4.02. The van der Waals surface area contributed by atoms with Crippen LogP contribution in [-0.2, 0) is 4.79 Å². The average Bonchev–Trinajstić information content (AvgIpc) is 3.25. The first-order valence-corrected chi connectivity index (χ1v) is 11.0. The number of hydrogen-bond acceptors (Lipinski definition) is 4. The second-order valence-corrected chi connectivity index (χ2v) is 10.3. The van der Waals surface area contributed by atoms with Crippen LogP contribution in [0.25, 0.3) is 0 Å². The lowest BCUT2D eigenvalue weighted by Crippen LogP contribution is -2.54. The quantitative estimate of drug-likeness (QED) is 0.796. The molecule has 5 nitrogen and oxygen atoms in total. The summed E-state index contributed by atoms with van der Waals surface area (Å²) in [4.78, 5) is 22.4. The zero-order valence-corrected chi connectivity index (χ0v) is 16.4.